The number of ether oxygens (including phenoxy) is 1. The molecular weight excluding hydrogens is 288 g/mol. The lowest BCUT2D eigenvalue weighted by atomic mass is 9.92. The molecule has 0 bridgehead atoms. The van der Waals surface area contributed by atoms with Gasteiger partial charge >= 0.3 is 0 Å². The standard InChI is InChI=1S/C20H32O3/c1-8-9-13(2)10-14(3)11-15(4)12-16(5)18-17(6)19(21)20(7,22)23-18/h11-14,22H,8-10H2,1-7H3/b15-11+,16-12+/t13-,14-,20?/m0/s1. The Morgan fingerprint density at radius 1 is 1.35 bits per heavy atom. The highest BCUT2D eigenvalue weighted by Crippen LogP contribution is 2.33. The van der Waals surface area contributed by atoms with Crippen LogP contribution < -0.4 is 0 Å². The van der Waals surface area contributed by atoms with Gasteiger partial charge in [0.05, 0.1) is 0 Å². The summed E-state index contributed by atoms with van der Waals surface area (Å²) in [6, 6.07) is 0. The van der Waals surface area contributed by atoms with Crippen LogP contribution in [0, 0.1) is 11.8 Å². The molecule has 0 fully saturated rings. The molecular formula is C20H32O3. The Hall–Kier alpha value is -1.35. The molecule has 1 aliphatic heterocycles. The minimum atomic E-state index is -1.73. The van der Waals surface area contributed by atoms with E-state index in [1.54, 1.807) is 6.92 Å². The summed E-state index contributed by atoms with van der Waals surface area (Å²) in [5.41, 5.74) is 2.51. The van der Waals surface area contributed by atoms with Gasteiger partial charge in [-0.1, -0.05) is 51.3 Å². The number of hydrogen-bond acceptors (Lipinski definition) is 3. The molecule has 0 saturated carbocycles. The Bertz CT molecular complexity index is 535. The Morgan fingerprint density at radius 2 is 1.96 bits per heavy atom. The first kappa shape index (κ1) is 19.7. The fourth-order valence-corrected chi connectivity index (χ4v) is 3.37. The lowest BCUT2D eigenvalue weighted by Crippen LogP contribution is -2.32. The fraction of sp³-hybridized carbons (Fsp3) is 0.650. The van der Waals surface area contributed by atoms with Gasteiger partial charge in [-0.05, 0) is 44.6 Å². The van der Waals surface area contributed by atoms with Crippen LogP contribution in [0.25, 0.3) is 0 Å². The highest BCUT2D eigenvalue weighted by molar-refractivity contribution is 6.03. The van der Waals surface area contributed by atoms with Crippen molar-refractivity contribution in [2.24, 2.45) is 11.8 Å². The average Bonchev–Trinajstić information content (AvgIpc) is 2.62. The molecule has 3 atom stereocenters. The van der Waals surface area contributed by atoms with Crippen molar-refractivity contribution in [3.05, 3.63) is 34.6 Å². The van der Waals surface area contributed by atoms with Crippen molar-refractivity contribution in [3.8, 4) is 0 Å². The normalized spacial score (nSPS) is 25.7. The molecule has 1 N–H and O–H groups in total. The quantitative estimate of drug-likeness (QED) is 0.677. The van der Waals surface area contributed by atoms with E-state index in [-0.39, 0.29) is 5.78 Å². The summed E-state index contributed by atoms with van der Waals surface area (Å²) in [4.78, 5) is 11.9. The van der Waals surface area contributed by atoms with Gasteiger partial charge in [-0.2, -0.15) is 0 Å². The van der Waals surface area contributed by atoms with Gasteiger partial charge in [-0.25, -0.2) is 0 Å². The molecule has 1 unspecified atom stereocenters. The second-order valence-electron chi connectivity index (χ2n) is 7.21. The van der Waals surface area contributed by atoms with Gasteiger partial charge < -0.3 is 9.84 Å². The van der Waals surface area contributed by atoms with Crippen LogP contribution in [-0.2, 0) is 9.53 Å². The molecule has 0 spiro atoms. The predicted octanol–water partition coefficient (Wildman–Crippen LogP) is 4.92. The fourth-order valence-electron chi connectivity index (χ4n) is 3.37. The topological polar surface area (TPSA) is 46.5 Å². The van der Waals surface area contributed by atoms with Crippen LogP contribution in [0.2, 0.25) is 0 Å². The van der Waals surface area contributed by atoms with Crippen molar-refractivity contribution < 1.29 is 14.6 Å². The number of carbonyl (C=O) groups excluding carboxylic acids is 1. The van der Waals surface area contributed by atoms with Crippen LogP contribution in [-0.4, -0.2) is 16.7 Å². The van der Waals surface area contributed by atoms with E-state index in [9.17, 15) is 9.90 Å². The third-order valence-corrected chi connectivity index (χ3v) is 4.31. The van der Waals surface area contributed by atoms with E-state index in [4.69, 9.17) is 4.74 Å². The predicted molar refractivity (Wildman–Crippen MR) is 94.8 cm³/mol. The third kappa shape index (κ3) is 5.35. The second-order valence-corrected chi connectivity index (χ2v) is 7.21. The largest absolute Gasteiger partial charge is 0.454 e. The smallest absolute Gasteiger partial charge is 0.269 e. The zero-order valence-corrected chi connectivity index (χ0v) is 15.7. The van der Waals surface area contributed by atoms with E-state index in [2.05, 4.69) is 33.8 Å². The molecule has 0 saturated heterocycles. The van der Waals surface area contributed by atoms with Gasteiger partial charge in [0.2, 0.25) is 5.78 Å². The molecule has 1 heterocycles. The number of rotatable bonds is 7. The van der Waals surface area contributed by atoms with Gasteiger partial charge in [0, 0.05) is 12.5 Å². The summed E-state index contributed by atoms with van der Waals surface area (Å²) in [5, 5.41) is 9.93. The number of ketones is 1. The number of aliphatic hydroxyl groups is 1. The first-order chi connectivity index (χ1) is 10.6. The first-order valence-electron chi connectivity index (χ1n) is 8.62. The van der Waals surface area contributed by atoms with Crippen molar-refractivity contribution in [2.75, 3.05) is 0 Å². The molecule has 0 radical (unpaired) electrons. The van der Waals surface area contributed by atoms with E-state index in [1.807, 2.05) is 13.0 Å². The van der Waals surface area contributed by atoms with Crippen molar-refractivity contribution in [1.29, 1.82) is 0 Å². The number of carbonyl (C=O) groups is 1. The molecule has 1 rings (SSSR count). The van der Waals surface area contributed by atoms with Gasteiger partial charge in [0.15, 0.2) is 0 Å². The minimum Gasteiger partial charge on any atom is -0.454 e. The SMILES string of the molecule is CCC[C@H](C)C[C@H](C)/C=C(C)/C=C(\C)C1=C(C)C(=O)C(C)(O)O1. The Labute approximate surface area is 141 Å². The molecule has 0 aliphatic carbocycles. The van der Waals surface area contributed by atoms with Crippen LogP contribution >= 0.6 is 0 Å². The highest BCUT2D eigenvalue weighted by atomic mass is 16.6. The molecule has 3 nitrogen and oxygen atoms in total. The van der Waals surface area contributed by atoms with E-state index < -0.39 is 5.79 Å². The van der Waals surface area contributed by atoms with Gasteiger partial charge in [0.25, 0.3) is 5.79 Å². The summed E-state index contributed by atoms with van der Waals surface area (Å²) >= 11 is 0. The second kappa shape index (κ2) is 7.96. The lowest BCUT2D eigenvalue weighted by Gasteiger charge is -2.17. The molecule has 0 aromatic rings. The summed E-state index contributed by atoms with van der Waals surface area (Å²) in [6.45, 7) is 13.8. The van der Waals surface area contributed by atoms with E-state index in [0.29, 0.717) is 17.3 Å². The van der Waals surface area contributed by atoms with Crippen LogP contribution in [0.3, 0.4) is 0 Å². The van der Waals surface area contributed by atoms with Crippen LogP contribution in [0.5, 0.6) is 0 Å². The maximum absolute atomic E-state index is 11.9. The summed E-state index contributed by atoms with van der Waals surface area (Å²) < 4.78 is 5.43. The summed E-state index contributed by atoms with van der Waals surface area (Å²) in [7, 11) is 0. The zero-order valence-electron chi connectivity index (χ0n) is 15.7. The van der Waals surface area contributed by atoms with Crippen molar-refractivity contribution in [1.82, 2.24) is 0 Å². The maximum atomic E-state index is 11.9. The number of hydrogen-bond donors (Lipinski definition) is 1. The van der Waals surface area contributed by atoms with Crippen LogP contribution in [0.4, 0.5) is 0 Å². The maximum Gasteiger partial charge on any atom is 0.269 e. The van der Waals surface area contributed by atoms with E-state index in [1.165, 1.54) is 26.2 Å². The lowest BCUT2D eigenvalue weighted by molar-refractivity contribution is -0.169. The summed E-state index contributed by atoms with van der Waals surface area (Å²) in [6.07, 6.45) is 7.97. The van der Waals surface area contributed by atoms with Crippen molar-refractivity contribution in [3.63, 3.8) is 0 Å². The Balaban J connectivity index is 2.82. The third-order valence-electron chi connectivity index (χ3n) is 4.31. The zero-order chi connectivity index (χ0) is 17.8. The highest BCUT2D eigenvalue weighted by Gasteiger charge is 2.42. The summed E-state index contributed by atoms with van der Waals surface area (Å²) in [5.74, 6) is -0.331. The molecule has 1 aliphatic rings. The average molecular weight is 320 g/mol. The molecule has 3 heteroatoms. The van der Waals surface area contributed by atoms with Gasteiger partial charge in [0.1, 0.15) is 5.76 Å². The van der Waals surface area contributed by atoms with Crippen molar-refractivity contribution >= 4 is 5.78 Å². The monoisotopic (exact) mass is 320 g/mol. The Kier molecular flexibility index (Phi) is 6.82. The van der Waals surface area contributed by atoms with E-state index in [0.717, 1.165) is 17.1 Å². The Morgan fingerprint density at radius 3 is 2.43 bits per heavy atom. The van der Waals surface area contributed by atoms with Gasteiger partial charge in [-0.15, -0.1) is 0 Å². The number of Topliss-reactive ketones (excluding diaryl/α,β-unsaturated/α-hetero) is 1. The molecule has 23 heavy (non-hydrogen) atoms. The first-order valence-corrected chi connectivity index (χ1v) is 8.62. The van der Waals surface area contributed by atoms with Crippen LogP contribution in [0.1, 0.15) is 67.7 Å². The minimum absolute atomic E-state index is 0.358. The van der Waals surface area contributed by atoms with Gasteiger partial charge in [-0.3, -0.25) is 4.79 Å². The van der Waals surface area contributed by atoms with Crippen LogP contribution in [0.15, 0.2) is 34.6 Å². The van der Waals surface area contributed by atoms with Crippen molar-refractivity contribution in [2.45, 2.75) is 73.5 Å². The molecule has 0 aromatic heterocycles. The molecule has 0 aromatic carbocycles. The molecule has 0 amide bonds. The van der Waals surface area contributed by atoms with E-state index >= 15 is 0 Å². The number of allylic oxidation sites excluding steroid dienone is 4. The molecule has 130 valence electrons.